The molecule has 2 saturated carbocycles. The van der Waals surface area contributed by atoms with Gasteiger partial charge in [0.25, 0.3) is 0 Å². The molecule has 98 valence electrons. The van der Waals surface area contributed by atoms with Crippen molar-refractivity contribution >= 4 is 47.0 Å². The average Bonchev–Trinajstić information content (AvgIpc) is 2.22. The van der Waals surface area contributed by atoms with Crippen LogP contribution < -0.4 is 11.5 Å². The summed E-state index contributed by atoms with van der Waals surface area (Å²) in [5.41, 5.74) is 10.3. The molecule has 5 heteroatoms. The number of thiol groups is 1. The van der Waals surface area contributed by atoms with E-state index < -0.39 is 0 Å². The number of halogens is 1. The molecule has 0 heterocycles. The predicted octanol–water partition coefficient (Wildman–Crippen LogP) is 3.04. The van der Waals surface area contributed by atoms with Crippen molar-refractivity contribution in [2.45, 2.75) is 47.7 Å². The summed E-state index contributed by atoms with van der Waals surface area (Å²) in [5.74, 6) is 1.60. The fourth-order valence-electron chi connectivity index (χ4n) is 1.03. The highest BCUT2D eigenvalue weighted by molar-refractivity contribution is 14.1. The molecular formula is C11H25IN2S2. The zero-order chi connectivity index (χ0) is 12.2. The Hall–Kier alpha value is 1.35. The van der Waals surface area contributed by atoms with Crippen LogP contribution >= 0.6 is 47.0 Å². The fourth-order valence-corrected chi connectivity index (χ4v) is 2.85. The maximum atomic E-state index is 5.30. The third-order valence-corrected chi connectivity index (χ3v) is 5.19. The Morgan fingerprint density at radius 1 is 1.12 bits per heavy atom. The first-order chi connectivity index (χ1) is 7.74. The second kappa shape index (κ2) is 12.8. The van der Waals surface area contributed by atoms with Gasteiger partial charge in [-0.05, 0) is 25.7 Å². The minimum Gasteiger partial charge on any atom is -0.330 e. The molecule has 4 N–H and O–H groups in total. The van der Waals surface area contributed by atoms with Crippen molar-refractivity contribution < 1.29 is 0 Å². The Kier molecular flexibility index (Phi) is 13.9. The van der Waals surface area contributed by atoms with Gasteiger partial charge in [-0.2, -0.15) is 12.6 Å². The first-order valence-electron chi connectivity index (χ1n) is 6.01. The number of nitrogens with two attached hydrogens (primary N) is 2. The van der Waals surface area contributed by atoms with Crippen LogP contribution in [0.2, 0.25) is 0 Å². The molecule has 0 aromatic carbocycles. The van der Waals surface area contributed by atoms with Crippen LogP contribution in [0.5, 0.6) is 0 Å². The molecule has 0 saturated heterocycles. The highest BCUT2D eigenvalue weighted by atomic mass is 127. The van der Waals surface area contributed by atoms with Gasteiger partial charge in [0.05, 0.1) is 0 Å². The summed E-state index contributed by atoms with van der Waals surface area (Å²) in [7, 11) is 0. The normalized spacial score (nSPS) is 19.5. The summed E-state index contributed by atoms with van der Waals surface area (Å²) in [6, 6.07) is 0. The van der Waals surface area contributed by atoms with Crippen LogP contribution in [0.25, 0.3) is 0 Å². The van der Waals surface area contributed by atoms with Crippen molar-refractivity contribution in [3.05, 3.63) is 0 Å². The molecule has 16 heavy (non-hydrogen) atoms. The van der Waals surface area contributed by atoms with Crippen molar-refractivity contribution in [3.63, 3.8) is 0 Å². The molecule has 0 amide bonds. The van der Waals surface area contributed by atoms with Gasteiger partial charge in [0.2, 0.25) is 0 Å². The molecule has 0 unspecified atom stereocenters. The molecule has 0 bridgehead atoms. The van der Waals surface area contributed by atoms with Gasteiger partial charge in [-0.25, -0.2) is 0 Å². The number of rotatable bonds is 3. The summed E-state index contributed by atoms with van der Waals surface area (Å²) >= 11 is 8.18. The first-order valence-corrected chi connectivity index (χ1v) is 8.94. The van der Waals surface area contributed by atoms with Crippen LogP contribution in [0.3, 0.4) is 0 Å². The molecule has 2 rings (SSSR count). The molecule has 0 aromatic heterocycles. The molecular weight excluding hydrogens is 351 g/mol. The molecule has 0 spiro atoms. The van der Waals surface area contributed by atoms with Crippen LogP contribution in [0, 0.1) is 0 Å². The van der Waals surface area contributed by atoms with Gasteiger partial charge >= 0.3 is 0 Å². The lowest BCUT2D eigenvalue weighted by Crippen LogP contribution is -2.15. The van der Waals surface area contributed by atoms with E-state index in [1.54, 1.807) is 0 Å². The van der Waals surface area contributed by atoms with Crippen LogP contribution in [0.15, 0.2) is 0 Å². The number of hydrogen-bond acceptors (Lipinski definition) is 4. The van der Waals surface area contributed by atoms with E-state index in [2.05, 4.69) is 35.2 Å². The van der Waals surface area contributed by atoms with E-state index in [0.717, 1.165) is 20.8 Å². The Labute approximate surface area is 124 Å². The molecule has 2 fully saturated rings. The van der Waals surface area contributed by atoms with E-state index in [9.17, 15) is 0 Å². The third-order valence-electron chi connectivity index (χ3n) is 2.55. The zero-order valence-corrected chi connectivity index (χ0v) is 13.8. The quantitative estimate of drug-likeness (QED) is 0.307. The summed E-state index contributed by atoms with van der Waals surface area (Å²) < 4.78 is 1.03. The molecule has 2 nitrogen and oxygen atoms in total. The second-order valence-corrected chi connectivity index (χ2v) is 7.47. The highest BCUT2D eigenvalue weighted by Crippen LogP contribution is 2.29. The Morgan fingerprint density at radius 2 is 1.56 bits per heavy atom. The van der Waals surface area contributed by atoms with Crippen LogP contribution in [0.1, 0.15) is 38.5 Å². The average molecular weight is 376 g/mol. The summed E-state index contributed by atoms with van der Waals surface area (Å²) in [4.78, 5) is 0. The zero-order valence-electron chi connectivity index (χ0n) is 9.91. The van der Waals surface area contributed by atoms with Gasteiger partial charge in [-0.1, -0.05) is 35.4 Å². The van der Waals surface area contributed by atoms with Gasteiger partial charge < -0.3 is 11.5 Å². The molecule has 2 aliphatic rings. The van der Waals surface area contributed by atoms with Crippen LogP contribution in [-0.2, 0) is 0 Å². The Balaban J connectivity index is 0.000000222. The lowest BCUT2D eigenvalue weighted by Gasteiger charge is -2.23. The van der Waals surface area contributed by atoms with Crippen molar-refractivity contribution in [3.8, 4) is 0 Å². The molecule has 0 aliphatic heterocycles. The van der Waals surface area contributed by atoms with Gasteiger partial charge in [-0.15, -0.1) is 11.8 Å². The number of alkyl halides is 1. The van der Waals surface area contributed by atoms with Gasteiger partial charge in [0.1, 0.15) is 0 Å². The number of hydrogen-bond donors (Lipinski definition) is 3. The lowest BCUT2D eigenvalue weighted by atomic mass is 10.0. The topological polar surface area (TPSA) is 52.0 Å². The Bertz CT molecular complexity index is 140. The van der Waals surface area contributed by atoms with Crippen molar-refractivity contribution in [2.24, 2.45) is 11.5 Å². The predicted molar refractivity (Wildman–Crippen MR) is 88.9 cm³/mol. The Morgan fingerprint density at radius 3 is 1.62 bits per heavy atom. The molecule has 2 aliphatic carbocycles. The first kappa shape index (κ1) is 17.4. The van der Waals surface area contributed by atoms with E-state index in [4.69, 9.17) is 11.5 Å². The van der Waals surface area contributed by atoms with Crippen molar-refractivity contribution in [1.82, 2.24) is 0 Å². The molecule has 0 radical (unpaired) electrons. The minimum absolute atomic E-state index is 0.684. The lowest BCUT2D eigenvalue weighted by molar-refractivity contribution is 0.522. The smallest absolute Gasteiger partial charge is 0.0395 e. The van der Waals surface area contributed by atoms with Crippen LogP contribution in [0.4, 0.5) is 0 Å². The monoisotopic (exact) mass is 376 g/mol. The van der Waals surface area contributed by atoms with E-state index in [1.807, 2.05) is 11.8 Å². The van der Waals surface area contributed by atoms with E-state index in [0.29, 0.717) is 6.54 Å². The SMILES string of the molecule is IC1CCC1.NCCS.NCSC1CCC1. The van der Waals surface area contributed by atoms with Gasteiger partial charge in [0.15, 0.2) is 0 Å². The molecule has 0 aromatic rings. The standard InChI is InChI=1S/C5H11NS.C4H7I.C2H7NS/c6-4-7-5-2-1-3-5;5-4-2-1-3-4;3-1-2-4/h5H,1-4,6H2;4H,1-3H2;4H,1-3H2. The van der Waals surface area contributed by atoms with Gasteiger partial charge in [-0.3, -0.25) is 0 Å². The van der Waals surface area contributed by atoms with E-state index in [1.165, 1.54) is 38.5 Å². The van der Waals surface area contributed by atoms with E-state index >= 15 is 0 Å². The van der Waals surface area contributed by atoms with Gasteiger partial charge in [0, 0.05) is 27.3 Å². The summed E-state index contributed by atoms with van der Waals surface area (Å²) in [6.45, 7) is 0.684. The molecule has 0 atom stereocenters. The summed E-state index contributed by atoms with van der Waals surface area (Å²) in [6.07, 6.45) is 8.66. The summed E-state index contributed by atoms with van der Waals surface area (Å²) in [5, 5.41) is 0.921. The second-order valence-electron chi connectivity index (χ2n) is 3.93. The van der Waals surface area contributed by atoms with Crippen molar-refractivity contribution in [1.29, 1.82) is 0 Å². The van der Waals surface area contributed by atoms with Crippen molar-refractivity contribution in [2.75, 3.05) is 18.2 Å². The third kappa shape index (κ3) is 10.5. The minimum atomic E-state index is 0.684. The maximum absolute atomic E-state index is 5.30. The van der Waals surface area contributed by atoms with Crippen LogP contribution in [-0.4, -0.2) is 27.3 Å². The highest BCUT2D eigenvalue weighted by Gasteiger charge is 2.15. The maximum Gasteiger partial charge on any atom is 0.0395 e. The fraction of sp³-hybridized carbons (Fsp3) is 1.00. The van der Waals surface area contributed by atoms with E-state index in [-0.39, 0.29) is 0 Å². The largest absolute Gasteiger partial charge is 0.330 e. The number of thioether (sulfide) groups is 1.